The fourth-order valence-electron chi connectivity index (χ4n) is 2.66. The first-order chi connectivity index (χ1) is 12.4. The van der Waals surface area contributed by atoms with Gasteiger partial charge in [0.25, 0.3) is 0 Å². The Balaban J connectivity index is 1.85. The maximum atomic E-state index is 12.2. The molecule has 0 aliphatic heterocycles. The van der Waals surface area contributed by atoms with Crippen LogP contribution in [-0.4, -0.2) is 49.5 Å². The lowest BCUT2D eigenvalue weighted by atomic mass is 10.1. The van der Waals surface area contributed by atoms with Gasteiger partial charge >= 0.3 is 0 Å². The predicted molar refractivity (Wildman–Crippen MR) is 105 cm³/mol. The number of nitrogens with zero attached hydrogens (tertiary/aromatic N) is 2. The van der Waals surface area contributed by atoms with Gasteiger partial charge in [-0.1, -0.05) is 17.3 Å². The lowest BCUT2D eigenvalue weighted by Gasteiger charge is -2.25. The molecule has 0 fully saturated rings. The van der Waals surface area contributed by atoms with Gasteiger partial charge in [-0.15, -0.1) is 11.8 Å². The van der Waals surface area contributed by atoms with Crippen molar-refractivity contribution in [1.82, 2.24) is 15.4 Å². The second-order valence-corrected chi connectivity index (χ2v) is 7.34. The van der Waals surface area contributed by atoms with Crippen molar-refractivity contribution in [2.45, 2.75) is 25.6 Å². The molecule has 1 unspecified atom stereocenters. The molecule has 0 aliphatic rings. The molecular formula is C19H27N3O3S. The molecule has 26 heavy (non-hydrogen) atoms. The maximum Gasteiger partial charge on any atom is 0.230 e. The van der Waals surface area contributed by atoms with Gasteiger partial charge < -0.3 is 19.5 Å². The highest BCUT2D eigenvalue weighted by atomic mass is 32.2. The molecule has 0 bridgehead atoms. The highest BCUT2D eigenvalue weighted by molar-refractivity contribution is 7.99. The van der Waals surface area contributed by atoms with E-state index in [2.05, 4.69) is 15.4 Å². The Hall–Kier alpha value is -1.99. The fourth-order valence-corrected chi connectivity index (χ4v) is 3.67. The number of amides is 1. The van der Waals surface area contributed by atoms with Gasteiger partial charge in [0.15, 0.2) is 0 Å². The van der Waals surface area contributed by atoms with E-state index in [9.17, 15) is 4.79 Å². The first-order valence-electron chi connectivity index (χ1n) is 8.49. The van der Waals surface area contributed by atoms with E-state index in [0.29, 0.717) is 12.3 Å². The summed E-state index contributed by atoms with van der Waals surface area (Å²) in [7, 11) is 5.66. The average molecular weight is 378 g/mol. The summed E-state index contributed by atoms with van der Waals surface area (Å²) < 4.78 is 10.4. The van der Waals surface area contributed by atoms with Gasteiger partial charge in [0.2, 0.25) is 5.91 Å². The van der Waals surface area contributed by atoms with Gasteiger partial charge in [-0.2, -0.15) is 0 Å². The number of thioether (sulfide) groups is 1. The van der Waals surface area contributed by atoms with Crippen LogP contribution in [0, 0.1) is 13.8 Å². The summed E-state index contributed by atoms with van der Waals surface area (Å²) in [5.74, 6) is 2.79. The van der Waals surface area contributed by atoms with Gasteiger partial charge in [-0.25, -0.2) is 0 Å². The minimum absolute atomic E-state index is 0.0245. The Morgan fingerprint density at radius 3 is 2.77 bits per heavy atom. The molecule has 1 amide bonds. The minimum atomic E-state index is 0.0245. The van der Waals surface area contributed by atoms with Crippen molar-refractivity contribution in [3.8, 4) is 5.75 Å². The number of nitrogens with one attached hydrogen (secondary N) is 1. The quantitative estimate of drug-likeness (QED) is 0.725. The SMILES string of the molecule is COc1cccc(C(CNC(=O)CSCc2c(C)noc2C)N(C)C)c1. The van der Waals surface area contributed by atoms with Crippen molar-refractivity contribution < 1.29 is 14.1 Å². The number of ether oxygens (including phenoxy) is 1. The third-order valence-electron chi connectivity index (χ3n) is 4.26. The Morgan fingerprint density at radius 2 is 2.15 bits per heavy atom. The summed E-state index contributed by atoms with van der Waals surface area (Å²) in [4.78, 5) is 14.3. The molecule has 1 heterocycles. The molecule has 2 rings (SSSR count). The summed E-state index contributed by atoms with van der Waals surface area (Å²) in [6.07, 6.45) is 0. The molecule has 0 aliphatic carbocycles. The number of methoxy groups -OCH3 is 1. The first kappa shape index (κ1) is 20.3. The third-order valence-corrected chi connectivity index (χ3v) is 5.21. The van der Waals surface area contributed by atoms with Crippen LogP contribution in [0.3, 0.4) is 0 Å². The molecule has 6 nitrogen and oxygen atoms in total. The molecule has 0 spiro atoms. The van der Waals surface area contributed by atoms with Crippen molar-refractivity contribution in [3.63, 3.8) is 0 Å². The number of aryl methyl sites for hydroxylation is 2. The highest BCUT2D eigenvalue weighted by Crippen LogP contribution is 2.22. The van der Waals surface area contributed by atoms with Gasteiger partial charge in [0.05, 0.1) is 24.6 Å². The van der Waals surface area contributed by atoms with Crippen LogP contribution in [-0.2, 0) is 10.5 Å². The van der Waals surface area contributed by atoms with Crippen molar-refractivity contribution in [1.29, 1.82) is 0 Å². The Labute approximate surface area is 159 Å². The van der Waals surface area contributed by atoms with E-state index in [1.165, 1.54) is 0 Å². The second-order valence-electron chi connectivity index (χ2n) is 6.36. The molecule has 0 saturated carbocycles. The maximum absolute atomic E-state index is 12.2. The zero-order chi connectivity index (χ0) is 19.1. The van der Waals surface area contributed by atoms with E-state index >= 15 is 0 Å². The van der Waals surface area contributed by atoms with Crippen LogP contribution in [0.4, 0.5) is 0 Å². The molecule has 0 saturated heterocycles. The summed E-state index contributed by atoms with van der Waals surface area (Å²) in [6.45, 7) is 4.36. The van der Waals surface area contributed by atoms with Gasteiger partial charge in [-0.3, -0.25) is 4.79 Å². The monoisotopic (exact) mass is 377 g/mol. The number of likely N-dealkylation sites (N-methyl/N-ethyl adjacent to an activating group) is 1. The minimum Gasteiger partial charge on any atom is -0.497 e. The lowest BCUT2D eigenvalue weighted by Crippen LogP contribution is -2.35. The van der Waals surface area contributed by atoms with Crippen LogP contribution >= 0.6 is 11.8 Å². The van der Waals surface area contributed by atoms with Crippen LogP contribution in [0.1, 0.15) is 28.6 Å². The summed E-state index contributed by atoms with van der Waals surface area (Å²) >= 11 is 1.56. The molecule has 2 aromatic rings. The van der Waals surface area contributed by atoms with E-state index in [1.807, 2.05) is 52.2 Å². The Kier molecular flexibility index (Phi) is 7.53. The number of aromatic nitrogens is 1. The molecule has 0 radical (unpaired) electrons. The van der Waals surface area contributed by atoms with E-state index < -0.39 is 0 Å². The van der Waals surface area contributed by atoms with Gasteiger partial charge in [0.1, 0.15) is 11.5 Å². The molecule has 142 valence electrons. The average Bonchev–Trinajstić information content (AvgIpc) is 2.93. The molecule has 7 heteroatoms. The molecule has 1 aromatic carbocycles. The van der Waals surface area contributed by atoms with E-state index in [4.69, 9.17) is 9.26 Å². The summed E-state index contributed by atoms with van der Waals surface area (Å²) in [6, 6.07) is 8.02. The van der Waals surface area contributed by atoms with E-state index in [1.54, 1.807) is 18.9 Å². The summed E-state index contributed by atoms with van der Waals surface area (Å²) in [5.41, 5.74) is 3.07. The normalized spacial score (nSPS) is 12.2. The molecule has 1 aromatic heterocycles. The number of hydrogen-bond acceptors (Lipinski definition) is 6. The second kappa shape index (κ2) is 9.64. The van der Waals surface area contributed by atoms with Crippen LogP contribution in [0.5, 0.6) is 5.75 Å². The Morgan fingerprint density at radius 1 is 1.38 bits per heavy atom. The number of hydrogen-bond donors (Lipinski definition) is 1. The smallest absolute Gasteiger partial charge is 0.230 e. The van der Waals surface area contributed by atoms with Crippen LogP contribution < -0.4 is 10.1 Å². The van der Waals surface area contributed by atoms with Crippen molar-refractivity contribution in [2.75, 3.05) is 33.5 Å². The third kappa shape index (κ3) is 5.51. The number of carbonyl (C=O) groups is 1. The number of benzene rings is 1. The van der Waals surface area contributed by atoms with Crippen molar-refractivity contribution in [3.05, 3.63) is 46.8 Å². The van der Waals surface area contributed by atoms with E-state index in [-0.39, 0.29) is 11.9 Å². The fraction of sp³-hybridized carbons (Fsp3) is 0.474. The molecular weight excluding hydrogens is 350 g/mol. The highest BCUT2D eigenvalue weighted by Gasteiger charge is 2.16. The topological polar surface area (TPSA) is 67.6 Å². The molecule has 1 N–H and O–H groups in total. The zero-order valence-electron chi connectivity index (χ0n) is 16.0. The van der Waals surface area contributed by atoms with Crippen molar-refractivity contribution in [2.24, 2.45) is 0 Å². The van der Waals surface area contributed by atoms with Crippen LogP contribution in [0.2, 0.25) is 0 Å². The van der Waals surface area contributed by atoms with Gasteiger partial charge in [-0.05, 0) is 45.6 Å². The molecule has 1 atom stereocenters. The largest absolute Gasteiger partial charge is 0.497 e. The van der Waals surface area contributed by atoms with Crippen LogP contribution in [0.25, 0.3) is 0 Å². The van der Waals surface area contributed by atoms with Crippen LogP contribution in [0.15, 0.2) is 28.8 Å². The number of rotatable bonds is 9. The zero-order valence-corrected chi connectivity index (χ0v) is 16.9. The van der Waals surface area contributed by atoms with E-state index in [0.717, 1.165) is 34.1 Å². The van der Waals surface area contributed by atoms with Gasteiger partial charge in [0, 0.05) is 17.9 Å². The number of carbonyl (C=O) groups excluding carboxylic acids is 1. The standard InChI is InChI=1S/C19H27N3O3S/c1-13-17(14(2)25-21-13)11-26-12-19(23)20-10-18(22(3)4)15-7-6-8-16(9-15)24-5/h6-9,18H,10-12H2,1-5H3,(H,20,23). The lowest BCUT2D eigenvalue weighted by molar-refractivity contribution is -0.118. The Bertz CT molecular complexity index is 711. The first-order valence-corrected chi connectivity index (χ1v) is 9.64. The van der Waals surface area contributed by atoms with Crippen molar-refractivity contribution >= 4 is 17.7 Å². The summed E-state index contributed by atoms with van der Waals surface area (Å²) in [5, 5.41) is 6.96. The predicted octanol–water partition coefficient (Wildman–Crippen LogP) is 2.95.